The molecule has 0 bridgehead atoms. The fraction of sp³-hybridized carbons (Fsp3) is 0.133. The van der Waals surface area contributed by atoms with Crippen LogP contribution in [0.2, 0.25) is 5.28 Å². The molecule has 2 aromatic heterocycles. The van der Waals surface area contributed by atoms with E-state index in [0.717, 1.165) is 16.7 Å². The first-order chi connectivity index (χ1) is 10.1. The second kappa shape index (κ2) is 5.54. The van der Waals surface area contributed by atoms with Gasteiger partial charge in [-0.2, -0.15) is 0 Å². The quantitative estimate of drug-likeness (QED) is 0.808. The van der Waals surface area contributed by atoms with Crippen LogP contribution in [0.15, 0.2) is 42.6 Å². The third-order valence-corrected chi connectivity index (χ3v) is 3.58. The number of benzene rings is 1. The number of nitrogens with zero attached hydrogens (tertiary/aromatic N) is 3. The largest absolute Gasteiger partial charge is 0.346 e. The zero-order valence-electron chi connectivity index (χ0n) is 11.4. The molecule has 0 aliphatic carbocycles. The van der Waals surface area contributed by atoms with Gasteiger partial charge in [-0.25, -0.2) is 4.98 Å². The van der Waals surface area contributed by atoms with Gasteiger partial charge >= 0.3 is 0 Å². The second-order valence-electron chi connectivity index (χ2n) is 4.65. The minimum Gasteiger partial charge on any atom is -0.346 e. The van der Waals surface area contributed by atoms with Crippen LogP contribution in [-0.4, -0.2) is 20.4 Å². The molecule has 0 fully saturated rings. The molecule has 0 saturated heterocycles. The molecular weight excluding hydrogens is 288 g/mol. The molecule has 0 unspecified atom stereocenters. The third-order valence-electron chi connectivity index (χ3n) is 3.24. The van der Waals surface area contributed by atoms with E-state index in [4.69, 9.17) is 11.6 Å². The molecule has 6 heteroatoms. The Labute approximate surface area is 126 Å². The van der Waals surface area contributed by atoms with E-state index in [0.29, 0.717) is 17.4 Å². The topological polar surface area (TPSA) is 59.8 Å². The summed E-state index contributed by atoms with van der Waals surface area (Å²) in [5, 5.41) is 3.24. The zero-order chi connectivity index (χ0) is 14.8. The Kier molecular flexibility index (Phi) is 3.58. The lowest BCUT2D eigenvalue weighted by Crippen LogP contribution is -2.23. The molecule has 3 aromatic rings. The van der Waals surface area contributed by atoms with Gasteiger partial charge in [0, 0.05) is 18.8 Å². The number of amides is 1. The molecule has 21 heavy (non-hydrogen) atoms. The molecule has 2 heterocycles. The molecular formula is C15H13ClN4O. The van der Waals surface area contributed by atoms with Crippen LogP contribution in [0, 0.1) is 0 Å². The minimum atomic E-state index is -0.153. The predicted octanol–water partition coefficient (Wildman–Crippen LogP) is 2.55. The lowest BCUT2D eigenvalue weighted by atomic mass is 10.2. The summed E-state index contributed by atoms with van der Waals surface area (Å²) in [7, 11) is 1.81. The summed E-state index contributed by atoms with van der Waals surface area (Å²) in [5.41, 5.74) is 2.97. The number of aryl methyl sites for hydroxylation is 1. The molecule has 0 atom stereocenters. The number of hydrogen-bond acceptors (Lipinski definition) is 3. The lowest BCUT2D eigenvalue weighted by molar-refractivity contribution is 0.0950. The standard InChI is InChI=1S/C15H13ClN4O/c1-20-13-8-10(5-6-12(13)19-15(20)16)14(21)18-9-11-4-2-3-7-17-11/h2-8H,9H2,1H3,(H,18,21). The van der Waals surface area contributed by atoms with Crippen LogP contribution in [0.1, 0.15) is 16.1 Å². The van der Waals surface area contributed by atoms with Crippen LogP contribution in [0.5, 0.6) is 0 Å². The van der Waals surface area contributed by atoms with Crippen molar-refractivity contribution in [3.63, 3.8) is 0 Å². The van der Waals surface area contributed by atoms with E-state index < -0.39 is 0 Å². The van der Waals surface area contributed by atoms with Crippen LogP contribution < -0.4 is 5.32 Å². The first-order valence-corrected chi connectivity index (χ1v) is 6.83. The smallest absolute Gasteiger partial charge is 0.251 e. The molecule has 106 valence electrons. The van der Waals surface area contributed by atoms with E-state index in [1.54, 1.807) is 29.0 Å². The van der Waals surface area contributed by atoms with Crippen molar-refractivity contribution in [3.8, 4) is 0 Å². The van der Waals surface area contributed by atoms with Crippen molar-refractivity contribution in [1.82, 2.24) is 19.9 Å². The van der Waals surface area contributed by atoms with Crippen molar-refractivity contribution in [3.05, 3.63) is 59.1 Å². The number of rotatable bonds is 3. The van der Waals surface area contributed by atoms with Crippen LogP contribution in [0.3, 0.4) is 0 Å². The van der Waals surface area contributed by atoms with E-state index in [-0.39, 0.29) is 5.91 Å². The van der Waals surface area contributed by atoms with Crippen LogP contribution in [0.4, 0.5) is 0 Å². The van der Waals surface area contributed by atoms with Gasteiger partial charge in [0.15, 0.2) is 0 Å². The monoisotopic (exact) mass is 300 g/mol. The van der Waals surface area contributed by atoms with Gasteiger partial charge in [0.2, 0.25) is 5.28 Å². The highest BCUT2D eigenvalue weighted by molar-refractivity contribution is 6.29. The molecule has 1 amide bonds. The number of fused-ring (bicyclic) bond motifs is 1. The molecule has 0 saturated carbocycles. The van der Waals surface area contributed by atoms with Gasteiger partial charge in [-0.15, -0.1) is 0 Å². The maximum Gasteiger partial charge on any atom is 0.251 e. The highest BCUT2D eigenvalue weighted by atomic mass is 35.5. The molecule has 0 radical (unpaired) electrons. The van der Waals surface area contributed by atoms with Gasteiger partial charge in [-0.3, -0.25) is 9.78 Å². The average Bonchev–Trinajstić information content (AvgIpc) is 2.80. The Morgan fingerprint density at radius 1 is 1.33 bits per heavy atom. The number of aromatic nitrogens is 3. The van der Waals surface area contributed by atoms with Gasteiger partial charge in [0.25, 0.3) is 5.91 Å². The molecule has 5 nitrogen and oxygen atoms in total. The number of carbonyl (C=O) groups excluding carboxylic acids is 1. The number of hydrogen-bond donors (Lipinski definition) is 1. The molecule has 1 aromatic carbocycles. The number of imidazole rings is 1. The number of carbonyl (C=O) groups is 1. The van der Waals surface area contributed by atoms with Crippen LogP contribution >= 0.6 is 11.6 Å². The summed E-state index contributed by atoms with van der Waals surface area (Å²) in [5.74, 6) is -0.153. The maximum absolute atomic E-state index is 12.2. The summed E-state index contributed by atoms with van der Waals surface area (Å²) in [4.78, 5) is 20.5. The Morgan fingerprint density at radius 2 is 2.19 bits per heavy atom. The molecule has 0 spiro atoms. The first kappa shape index (κ1) is 13.6. The lowest BCUT2D eigenvalue weighted by Gasteiger charge is -2.05. The van der Waals surface area contributed by atoms with Crippen molar-refractivity contribution < 1.29 is 4.79 Å². The Hall–Kier alpha value is -2.40. The number of nitrogens with one attached hydrogen (secondary N) is 1. The number of pyridine rings is 1. The highest BCUT2D eigenvalue weighted by Crippen LogP contribution is 2.19. The fourth-order valence-electron chi connectivity index (χ4n) is 2.08. The fourth-order valence-corrected chi connectivity index (χ4v) is 2.26. The van der Waals surface area contributed by atoms with Gasteiger partial charge in [-0.1, -0.05) is 6.07 Å². The van der Waals surface area contributed by atoms with Gasteiger partial charge < -0.3 is 9.88 Å². The Balaban J connectivity index is 1.80. The maximum atomic E-state index is 12.2. The minimum absolute atomic E-state index is 0.153. The van der Waals surface area contributed by atoms with Crippen LogP contribution in [-0.2, 0) is 13.6 Å². The van der Waals surface area contributed by atoms with Crippen molar-refractivity contribution in [2.45, 2.75) is 6.54 Å². The van der Waals surface area contributed by atoms with Crippen molar-refractivity contribution in [2.75, 3.05) is 0 Å². The summed E-state index contributed by atoms with van der Waals surface area (Å²) in [6.07, 6.45) is 1.70. The second-order valence-corrected chi connectivity index (χ2v) is 4.99. The van der Waals surface area contributed by atoms with Crippen LogP contribution in [0.25, 0.3) is 11.0 Å². The normalized spacial score (nSPS) is 10.8. The molecule has 1 N–H and O–H groups in total. The van der Waals surface area contributed by atoms with E-state index in [1.807, 2.05) is 25.2 Å². The summed E-state index contributed by atoms with van der Waals surface area (Å²) < 4.78 is 1.74. The van der Waals surface area contributed by atoms with Crippen molar-refractivity contribution >= 4 is 28.5 Å². The molecule has 0 aliphatic heterocycles. The zero-order valence-corrected chi connectivity index (χ0v) is 12.1. The van der Waals surface area contributed by atoms with Gasteiger partial charge in [0.1, 0.15) is 0 Å². The average molecular weight is 301 g/mol. The van der Waals surface area contributed by atoms with Crippen molar-refractivity contribution in [2.24, 2.45) is 7.05 Å². The predicted molar refractivity (Wildman–Crippen MR) is 81.1 cm³/mol. The Bertz CT molecular complexity index is 798. The number of halogens is 1. The first-order valence-electron chi connectivity index (χ1n) is 6.45. The summed E-state index contributed by atoms with van der Waals surface area (Å²) >= 11 is 5.97. The SMILES string of the molecule is Cn1c(Cl)nc2ccc(C(=O)NCc3ccccn3)cc21. The highest BCUT2D eigenvalue weighted by Gasteiger charge is 2.10. The van der Waals surface area contributed by atoms with Gasteiger partial charge in [0.05, 0.1) is 23.3 Å². The van der Waals surface area contributed by atoms with E-state index >= 15 is 0 Å². The summed E-state index contributed by atoms with van der Waals surface area (Å²) in [6, 6.07) is 10.9. The van der Waals surface area contributed by atoms with E-state index in [2.05, 4.69) is 15.3 Å². The van der Waals surface area contributed by atoms with Gasteiger partial charge in [-0.05, 0) is 41.9 Å². The van der Waals surface area contributed by atoms with E-state index in [1.165, 1.54) is 0 Å². The molecule has 0 aliphatic rings. The summed E-state index contributed by atoms with van der Waals surface area (Å²) in [6.45, 7) is 0.393. The van der Waals surface area contributed by atoms with Crippen molar-refractivity contribution in [1.29, 1.82) is 0 Å². The third kappa shape index (κ3) is 2.73. The Morgan fingerprint density at radius 3 is 2.95 bits per heavy atom. The van der Waals surface area contributed by atoms with E-state index in [9.17, 15) is 4.79 Å². The molecule has 3 rings (SSSR count).